The molecule has 1 atom stereocenters. The Morgan fingerprint density at radius 1 is 1.36 bits per heavy atom. The van der Waals surface area contributed by atoms with Crippen LogP contribution >= 0.6 is 11.8 Å². The van der Waals surface area contributed by atoms with E-state index in [0.29, 0.717) is 5.37 Å². The molecule has 74 valence electrons. The molecule has 1 aromatic rings. The quantitative estimate of drug-likeness (QED) is 0.645. The summed E-state index contributed by atoms with van der Waals surface area (Å²) in [5.74, 6) is 0. The first-order chi connectivity index (χ1) is 6.93. The lowest BCUT2D eigenvalue weighted by Crippen LogP contribution is -2.44. The van der Waals surface area contributed by atoms with E-state index in [1.54, 1.807) is 0 Å². The first kappa shape index (κ1) is 8.77. The molecule has 1 aromatic carbocycles. The zero-order valence-corrected chi connectivity index (χ0v) is 8.80. The molecule has 14 heavy (non-hydrogen) atoms. The van der Waals surface area contributed by atoms with Crippen molar-refractivity contribution in [3.63, 3.8) is 0 Å². The second kappa shape index (κ2) is 3.57. The molecule has 3 rings (SSSR count). The van der Waals surface area contributed by atoms with Gasteiger partial charge in [0.1, 0.15) is 0 Å². The Labute approximate surface area is 88.2 Å². The molecule has 2 nitrogen and oxygen atoms in total. The molecule has 0 bridgehead atoms. The highest BCUT2D eigenvalue weighted by molar-refractivity contribution is 8.00. The van der Waals surface area contributed by atoms with Crippen molar-refractivity contribution in [1.29, 1.82) is 0 Å². The van der Waals surface area contributed by atoms with Gasteiger partial charge >= 0.3 is 0 Å². The van der Waals surface area contributed by atoms with Crippen LogP contribution in [0.15, 0.2) is 29.2 Å². The van der Waals surface area contributed by atoms with Crippen molar-refractivity contribution in [3.05, 3.63) is 29.8 Å². The van der Waals surface area contributed by atoms with E-state index in [2.05, 4.69) is 29.2 Å². The van der Waals surface area contributed by atoms with Crippen LogP contribution in [0.25, 0.3) is 0 Å². The summed E-state index contributed by atoms with van der Waals surface area (Å²) in [7, 11) is 0. The molecule has 2 aliphatic rings. The minimum atomic E-state index is 0.540. The van der Waals surface area contributed by atoms with E-state index in [4.69, 9.17) is 4.74 Å². The fourth-order valence-electron chi connectivity index (χ4n) is 2.02. The van der Waals surface area contributed by atoms with Crippen molar-refractivity contribution < 1.29 is 4.74 Å². The monoisotopic (exact) mass is 207 g/mol. The van der Waals surface area contributed by atoms with Gasteiger partial charge in [-0.25, -0.2) is 0 Å². The zero-order chi connectivity index (χ0) is 9.38. The van der Waals surface area contributed by atoms with Gasteiger partial charge in [0.2, 0.25) is 0 Å². The topological polar surface area (TPSA) is 12.5 Å². The molecule has 2 aliphatic heterocycles. The fourth-order valence-corrected chi connectivity index (χ4v) is 3.25. The van der Waals surface area contributed by atoms with Crippen LogP contribution in [0.3, 0.4) is 0 Å². The van der Waals surface area contributed by atoms with Gasteiger partial charge in [-0.1, -0.05) is 18.2 Å². The number of ether oxygens (including phenoxy) is 1. The van der Waals surface area contributed by atoms with E-state index in [1.807, 2.05) is 11.8 Å². The van der Waals surface area contributed by atoms with Gasteiger partial charge in [-0.15, -0.1) is 11.8 Å². The number of hydrogen-bond acceptors (Lipinski definition) is 3. The number of fused-ring (bicyclic) bond motifs is 2. The van der Waals surface area contributed by atoms with Gasteiger partial charge < -0.3 is 4.74 Å². The molecule has 1 saturated heterocycles. The van der Waals surface area contributed by atoms with Gasteiger partial charge in [0, 0.05) is 18.0 Å². The molecule has 0 N–H and O–H groups in total. The summed E-state index contributed by atoms with van der Waals surface area (Å²) in [6.07, 6.45) is 0. The minimum Gasteiger partial charge on any atom is -0.378 e. The second-order valence-electron chi connectivity index (χ2n) is 3.73. The molecule has 0 amide bonds. The van der Waals surface area contributed by atoms with Crippen molar-refractivity contribution >= 4 is 11.8 Å². The van der Waals surface area contributed by atoms with Gasteiger partial charge in [-0.05, 0) is 11.6 Å². The van der Waals surface area contributed by atoms with Crippen molar-refractivity contribution in [2.24, 2.45) is 0 Å². The summed E-state index contributed by atoms with van der Waals surface area (Å²) in [4.78, 5) is 3.94. The molecular weight excluding hydrogens is 194 g/mol. The summed E-state index contributed by atoms with van der Waals surface area (Å²) in [6, 6.07) is 8.69. The first-order valence-corrected chi connectivity index (χ1v) is 5.88. The summed E-state index contributed by atoms with van der Waals surface area (Å²) in [5, 5.41) is 0.540. The number of thioether (sulfide) groups is 1. The Morgan fingerprint density at radius 3 is 3.29 bits per heavy atom. The van der Waals surface area contributed by atoms with Gasteiger partial charge in [-0.3, -0.25) is 4.90 Å². The van der Waals surface area contributed by atoms with E-state index < -0.39 is 0 Å². The van der Waals surface area contributed by atoms with Crippen LogP contribution < -0.4 is 0 Å². The number of morpholine rings is 1. The van der Waals surface area contributed by atoms with E-state index in [1.165, 1.54) is 10.5 Å². The maximum absolute atomic E-state index is 5.49. The van der Waals surface area contributed by atoms with Crippen molar-refractivity contribution in [2.45, 2.75) is 16.8 Å². The summed E-state index contributed by atoms with van der Waals surface area (Å²) < 4.78 is 5.49. The summed E-state index contributed by atoms with van der Waals surface area (Å²) in [6.45, 7) is 3.93. The maximum atomic E-state index is 5.49. The van der Waals surface area contributed by atoms with E-state index in [0.717, 1.165) is 26.3 Å². The highest BCUT2D eigenvalue weighted by atomic mass is 32.2. The Kier molecular flexibility index (Phi) is 2.24. The standard InChI is InChI=1S/C11H13NOS/c1-2-4-10-9(3-1)7-12-5-6-13-8-11(12)14-10/h1-4,11H,5-8H2. The average molecular weight is 207 g/mol. The van der Waals surface area contributed by atoms with Crippen molar-refractivity contribution in [3.8, 4) is 0 Å². The van der Waals surface area contributed by atoms with Crippen LogP contribution in [0.5, 0.6) is 0 Å². The summed E-state index contributed by atoms with van der Waals surface area (Å²) >= 11 is 1.94. The van der Waals surface area contributed by atoms with E-state index >= 15 is 0 Å². The van der Waals surface area contributed by atoms with Crippen LogP contribution in [0.2, 0.25) is 0 Å². The third-order valence-electron chi connectivity index (χ3n) is 2.80. The van der Waals surface area contributed by atoms with Crippen LogP contribution in [-0.4, -0.2) is 30.0 Å². The smallest absolute Gasteiger partial charge is 0.0845 e. The molecule has 0 saturated carbocycles. The second-order valence-corrected chi connectivity index (χ2v) is 4.95. The third kappa shape index (κ3) is 1.45. The molecule has 0 radical (unpaired) electrons. The van der Waals surface area contributed by atoms with Crippen LogP contribution in [0.1, 0.15) is 5.56 Å². The Bertz CT molecular complexity index is 309. The van der Waals surface area contributed by atoms with Gasteiger partial charge in [-0.2, -0.15) is 0 Å². The molecular formula is C11H13NOS. The molecule has 3 heteroatoms. The first-order valence-electron chi connectivity index (χ1n) is 5.00. The molecule has 0 aliphatic carbocycles. The number of hydrogen-bond donors (Lipinski definition) is 0. The lowest BCUT2D eigenvalue weighted by molar-refractivity contribution is 0.0188. The Balaban J connectivity index is 1.91. The fraction of sp³-hybridized carbons (Fsp3) is 0.455. The number of benzene rings is 1. The number of nitrogens with zero attached hydrogens (tertiary/aromatic N) is 1. The number of rotatable bonds is 0. The van der Waals surface area contributed by atoms with Gasteiger partial charge in [0.25, 0.3) is 0 Å². The molecule has 0 spiro atoms. The highest BCUT2D eigenvalue weighted by Gasteiger charge is 2.28. The van der Waals surface area contributed by atoms with E-state index in [9.17, 15) is 0 Å². The van der Waals surface area contributed by atoms with Gasteiger partial charge in [0.15, 0.2) is 0 Å². The molecule has 2 heterocycles. The average Bonchev–Trinajstić information content (AvgIpc) is 2.26. The summed E-state index contributed by atoms with van der Waals surface area (Å²) in [5.41, 5.74) is 1.47. The lowest BCUT2D eigenvalue weighted by atomic mass is 10.2. The largest absolute Gasteiger partial charge is 0.378 e. The van der Waals surface area contributed by atoms with Crippen molar-refractivity contribution in [2.75, 3.05) is 19.8 Å². The molecule has 1 fully saturated rings. The van der Waals surface area contributed by atoms with Crippen LogP contribution in [-0.2, 0) is 11.3 Å². The zero-order valence-electron chi connectivity index (χ0n) is 7.98. The molecule has 1 unspecified atom stereocenters. The van der Waals surface area contributed by atoms with Crippen LogP contribution in [0.4, 0.5) is 0 Å². The molecule has 0 aromatic heterocycles. The Morgan fingerprint density at radius 2 is 2.29 bits per heavy atom. The van der Waals surface area contributed by atoms with Crippen molar-refractivity contribution in [1.82, 2.24) is 4.90 Å². The third-order valence-corrected chi connectivity index (χ3v) is 4.16. The highest BCUT2D eigenvalue weighted by Crippen LogP contribution is 2.36. The minimum absolute atomic E-state index is 0.540. The van der Waals surface area contributed by atoms with E-state index in [-0.39, 0.29) is 0 Å². The van der Waals surface area contributed by atoms with Crippen LogP contribution in [0, 0.1) is 0 Å². The maximum Gasteiger partial charge on any atom is 0.0845 e. The predicted octanol–water partition coefficient (Wildman–Crippen LogP) is 1.95. The Hall–Kier alpha value is -0.510. The van der Waals surface area contributed by atoms with Gasteiger partial charge in [0.05, 0.1) is 18.6 Å². The lowest BCUT2D eigenvalue weighted by Gasteiger charge is -2.39. The predicted molar refractivity (Wildman–Crippen MR) is 57.3 cm³/mol. The SMILES string of the molecule is c1ccc2c(c1)CN1CCOCC1S2. The normalized spacial score (nSPS) is 26.7.